The minimum atomic E-state index is 0.195. The highest BCUT2D eigenvalue weighted by molar-refractivity contribution is 9.10. The number of ether oxygens (including phenoxy) is 1. The lowest BCUT2D eigenvalue weighted by molar-refractivity contribution is 0.400. The van der Waals surface area contributed by atoms with Gasteiger partial charge in [0.05, 0.1) is 11.6 Å². The molecule has 0 heterocycles. The van der Waals surface area contributed by atoms with E-state index in [4.69, 9.17) is 10.5 Å². The van der Waals surface area contributed by atoms with Gasteiger partial charge in [-0.05, 0) is 65.6 Å². The Morgan fingerprint density at radius 1 is 1.33 bits per heavy atom. The van der Waals surface area contributed by atoms with Crippen molar-refractivity contribution >= 4 is 15.9 Å². The number of hydrogen-bond acceptors (Lipinski definition) is 2. The summed E-state index contributed by atoms with van der Waals surface area (Å²) in [4.78, 5) is 0. The van der Waals surface area contributed by atoms with Gasteiger partial charge in [-0.15, -0.1) is 0 Å². The lowest BCUT2D eigenvalue weighted by Gasteiger charge is -2.25. The van der Waals surface area contributed by atoms with E-state index in [-0.39, 0.29) is 5.41 Å². The molecule has 2 nitrogen and oxygen atoms in total. The molecule has 0 radical (unpaired) electrons. The molecule has 1 aromatic carbocycles. The molecule has 0 amide bonds. The van der Waals surface area contributed by atoms with Gasteiger partial charge in [-0.2, -0.15) is 0 Å². The van der Waals surface area contributed by atoms with Crippen LogP contribution in [0.25, 0.3) is 0 Å². The van der Waals surface area contributed by atoms with Crippen LogP contribution in [0.1, 0.15) is 42.4 Å². The molecule has 1 fully saturated rings. The Morgan fingerprint density at radius 2 is 2.06 bits per heavy atom. The second-order valence-electron chi connectivity index (χ2n) is 5.60. The third-order valence-corrected chi connectivity index (χ3v) is 5.40. The van der Waals surface area contributed by atoms with Gasteiger partial charge >= 0.3 is 0 Å². The molecule has 2 N–H and O–H groups in total. The zero-order valence-electron chi connectivity index (χ0n) is 10.9. The van der Waals surface area contributed by atoms with E-state index in [0.717, 1.165) is 12.3 Å². The summed E-state index contributed by atoms with van der Waals surface area (Å²) in [5.74, 6) is 1.03. The van der Waals surface area contributed by atoms with Crippen LogP contribution in [-0.4, -0.2) is 13.7 Å². The first kappa shape index (κ1) is 12.5. The molecule has 3 heteroatoms. The summed E-state index contributed by atoms with van der Waals surface area (Å²) in [6.45, 7) is 0.731. The molecule has 0 spiro atoms. The minimum absolute atomic E-state index is 0.195. The molecule has 0 unspecified atom stereocenters. The summed E-state index contributed by atoms with van der Waals surface area (Å²) < 4.78 is 6.85. The van der Waals surface area contributed by atoms with E-state index >= 15 is 0 Å². The maximum absolute atomic E-state index is 5.98. The normalized spacial score (nSPS) is 20.4. The molecule has 3 rings (SSSR count). The molecule has 0 aliphatic heterocycles. The number of rotatable bonds is 3. The molecule has 2 aliphatic carbocycles. The molecular formula is C15H20BrNO. The Hall–Kier alpha value is -0.540. The average Bonchev–Trinajstić information content (AvgIpc) is 3.20. The number of fused-ring (bicyclic) bond motifs is 1. The van der Waals surface area contributed by atoms with Crippen LogP contribution in [0.5, 0.6) is 5.75 Å². The van der Waals surface area contributed by atoms with Crippen molar-refractivity contribution in [3.05, 3.63) is 27.2 Å². The fraction of sp³-hybridized carbons (Fsp3) is 0.600. The molecule has 98 valence electrons. The number of nitrogens with two attached hydrogens (primary N) is 1. The van der Waals surface area contributed by atoms with Crippen molar-refractivity contribution in [1.29, 1.82) is 0 Å². The van der Waals surface area contributed by atoms with E-state index in [2.05, 4.69) is 22.0 Å². The Morgan fingerprint density at radius 3 is 2.67 bits per heavy atom. The third kappa shape index (κ3) is 1.79. The van der Waals surface area contributed by atoms with Crippen LogP contribution in [0.4, 0.5) is 0 Å². The van der Waals surface area contributed by atoms with Gasteiger partial charge in [0, 0.05) is 17.5 Å². The summed E-state index contributed by atoms with van der Waals surface area (Å²) >= 11 is 3.76. The van der Waals surface area contributed by atoms with E-state index < -0.39 is 0 Å². The van der Waals surface area contributed by atoms with Crippen LogP contribution < -0.4 is 10.5 Å². The summed E-state index contributed by atoms with van der Waals surface area (Å²) in [7, 11) is 1.77. The van der Waals surface area contributed by atoms with Gasteiger partial charge < -0.3 is 10.5 Å². The zero-order chi connectivity index (χ0) is 12.8. The smallest absolute Gasteiger partial charge is 0.137 e. The lowest BCUT2D eigenvalue weighted by atomic mass is 9.85. The van der Waals surface area contributed by atoms with E-state index in [0.29, 0.717) is 0 Å². The van der Waals surface area contributed by atoms with Crippen LogP contribution in [0.15, 0.2) is 10.5 Å². The van der Waals surface area contributed by atoms with Gasteiger partial charge in [0.1, 0.15) is 5.75 Å². The fourth-order valence-electron chi connectivity index (χ4n) is 3.16. The van der Waals surface area contributed by atoms with Gasteiger partial charge in [0.15, 0.2) is 0 Å². The monoisotopic (exact) mass is 309 g/mol. The molecule has 2 aliphatic rings. The summed E-state index contributed by atoms with van der Waals surface area (Å²) in [5, 5.41) is 0. The van der Waals surface area contributed by atoms with Gasteiger partial charge in [-0.1, -0.05) is 6.07 Å². The number of halogens is 1. The second kappa shape index (κ2) is 4.53. The van der Waals surface area contributed by atoms with Crippen LogP contribution in [0.3, 0.4) is 0 Å². The molecular weight excluding hydrogens is 290 g/mol. The highest BCUT2D eigenvalue weighted by atomic mass is 79.9. The van der Waals surface area contributed by atoms with E-state index in [1.165, 1.54) is 59.7 Å². The first-order chi connectivity index (χ1) is 8.72. The van der Waals surface area contributed by atoms with Gasteiger partial charge in [0.2, 0.25) is 0 Å². The molecule has 0 saturated heterocycles. The zero-order valence-corrected chi connectivity index (χ0v) is 12.5. The van der Waals surface area contributed by atoms with Crippen molar-refractivity contribution in [2.45, 2.75) is 43.9 Å². The van der Waals surface area contributed by atoms with Crippen molar-refractivity contribution in [1.82, 2.24) is 0 Å². The maximum atomic E-state index is 5.98. The molecule has 0 atom stereocenters. The lowest BCUT2D eigenvalue weighted by Crippen LogP contribution is -2.21. The van der Waals surface area contributed by atoms with E-state index in [1.54, 1.807) is 7.11 Å². The Kier molecular flexibility index (Phi) is 3.15. The van der Waals surface area contributed by atoms with Crippen molar-refractivity contribution in [3.8, 4) is 5.75 Å². The Labute approximate surface area is 117 Å². The third-order valence-electron chi connectivity index (χ3n) is 4.56. The fourth-order valence-corrected chi connectivity index (χ4v) is 3.99. The topological polar surface area (TPSA) is 35.2 Å². The molecule has 18 heavy (non-hydrogen) atoms. The first-order valence-corrected chi connectivity index (χ1v) is 7.60. The summed E-state index contributed by atoms with van der Waals surface area (Å²) in [6.07, 6.45) is 7.36. The molecule has 1 saturated carbocycles. The number of aryl methyl sites for hydroxylation is 1. The molecule has 0 aromatic heterocycles. The Bertz CT molecular complexity index is 480. The maximum Gasteiger partial charge on any atom is 0.137 e. The minimum Gasteiger partial charge on any atom is -0.495 e. The predicted molar refractivity (Wildman–Crippen MR) is 77.3 cm³/mol. The highest BCUT2D eigenvalue weighted by Crippen LogP contribution is 2.53. The van der Waals surface area contributed by atoms with E-state index in [9.17, 15) is 0 Å². The largest absolute Gasteiger partial charge is 0.495 e. The molecule has 1 aromatic rings. The van der Waals surface area contributed by atoms with Gasteiger partial charge in [-0.3, -0.25) is 0 Å². The standard InChI is InChI=1S/C15H20BrNO/c1-18-14-12(15(9-17)6-7-15)8-10-4-2-3-5-11(10)13(14)16/h8H,2-7,9,17H2,1H3. The number of methoxy groups -OCH3 is 1. The number of hydrogen-bond donors (Lipinski definition) is 1. The SMILES string of the molecule is COc1c(C2(CN)CC2)cc2c(c1Br)CCCC2. The van der Waals surface area contributed by atoms with Crippen molar-refractivity contribution in [2.75, 3.05) is 13.7 Å². The average molecular weight is 310 g/mol. The predicted octanol–water partition coefficient (Wildman–Crippen LogP) is 3.33. The summed E-state index contributed by atoms with van der Waals surface area (Å²) in [5.41, 5.74) is 10.5. The Balaban J connectivity index is 2.16. The quantitative estimate of drug-likeness (QED) is 0.929. The van der Waals surface area contributed by atoms with Gasteiger partial charge in [-0.25, -0.2) is 0 Å². The van der Waals surface area contributed by atoms with Gasteiger partial charge in [0.25, 0.3) is 0 Å². The van der Waals surface area contributed by atoms with Crippen molar-refractivity contribution < 1.29 is 4.74 Å². The first-order valence-electron chi connectivity index (χ1n) is 6.80. The highest BCUT2D eigenvalue weighted by Gasteiger charge is 2.45. The second-order valence-corrected chi connectivity index (χ2v) is 6.39. The summed E-state index contributed by atoms with van der Waals surface area (Å²) in [6, 6.07) is 2.37. The number of benzene rings is 1. The van der Waals surface area contributed by atoms with Crippen LogP contribution in [0.2, 0.25) is 0 Å². The van der Waals surface area contributed by atoms with E-state index in [1.807, 2.05) is 0 Å². The van der Waals surface area contributed by atoms with Crippen LogP contribution in [0, 0.1) is 0 Å². The van der Waals surface area contributed by atoms with Crippen molar-refractivity contribution in [3.63, 3.8) is 0 Å². The molecule has 0 bridgehead atoms. The van der Waals surface area contributed by atoms with Crippen LogP contribution in [-0.2, 0) is 18.3 Å². The van der Waals surface area contributed by atoms with Crippen molar-refractivity contribution in [2.24, 2.45) is 5.73 Å². The van der Waals surface area contributed by atoms with Crippen LogP contribution >= 0.6 is 15.9 Å².